The number of hydrogen-bond acceptors (Lipinski definition) is 1. The predicted octanol–water partition coefficient (Wildman–Crippen LogP) is 3.85. The summed E-state index contributed by atoms with van der Waals surface area (Å²) in [5.41, 5.74) is 3.33. The first-order chi connectivity index (χ1) is 7.11. The van der Waals surface area contributed by atoms with Crippen molar-refractivity contribution in [1.29, 1.82) is 0 Å². The molecule has 0 aromatic rings. The maximum Gasteiger partial charge on any atom is 0.00125 e. The maximum atomic E-state index is 2.36. The molecule has 0 aliphatic heterocycles. The van der Waals surface area contributed by atoms with Gasteiger partial charge in [-0.3, -0.25) is 0 Å². The molecular formula is C14H27N. The SMILES string of the molecule is C/C(CCN(C)C)=C(/C)C1CCCCC1. The molecule has 1 saturated carbocycles. The highest BCUT2D eigenvalue weighted by atomic mass is 15.0. The standard InChI is InChI=1S/C14H27N/c1-12(10-11-15(3)4)13(2)14-8-6-5-7-9-14/h14H,5-11H2,1-4H3/b13-12+. The van der Waals surface area contributed by atoms with Gasteiger partial charge in [-0.05, 0) is 53.1 Å². The first kappa shape index (κ1) is 12.8. The van der Waals surface area contributed by atoms with Crippen LogP contribution >= 0.6 is 0 Å². The molecule has 0 amide bonds. The highest BCUT2D eigenvalue weighted by Gasteiger charge is 2.16. The Morgan fingerprint density at radius 2 is 1.67 bits per heavy atom. The summed E-state index contributed by atoms with van der Waals surface area (Å²) in [6.07, 6.45) is 8.47. The molecule has 1 nitrogen and oxygen atoms in total. The van der Waals surface area contributed by atoms with E-state index in [-0.39, 0.29) is 0 Å². The first-order valence-corrected chi connectivity index (χ1v) is 6.42. The van der Waals surface area contributed by atoms with Gasteiger partial charge in [0.25, 0.3) is 0 Å². The van der Waals surface area contributed by atoms with Crippen LogP contribution in [0.15, 0.2) is 11.1 Å². The van der Waals surface area contributed by atoms with E-state index in [0.29, 0.717) is 0 Å². The molecule has 1 fully saturated rings. The second-order valence-corrected chi connectivity index (χ2v) is 5.35. The monoisotopic (exact) mass is 209 g/mol. The van der Waals surface area contributed by atoms with Crippen LogP contribution in [0.3, 0.4) is 0 Å². The molecule has 1 aliphatic carbocycles. The van der Waals surface area contributed by atoms with Crippen molar-refractivity contribution >= 4 is 0 Å². The van der Waals surface area contributed by atoms with Gasteiger partial charge in [0.2, 0.25) is 0 Å². The van der Waals surface area contributed by atoms with Crippen molar-refractivity contribution in [1.82, 2.24) is 4.90 Å². The van der Waals surface area contributed by atoms with Crippen LogP contribution in [0.4, 0.5) is 0 Å². The Morgan fingerprint density at radius 1 is 1.07 bits per heavy atom. The van der Waals surface area contributed by atoms with E-state index < -0.39 is 0 Å². The molecule has 1 aliphatic rings. The fourth-order valence-electron chi connectivity index (χ4n) is 2.47. The van der Waals surface area contributed by atoms with Gasteiger partial charge in [0.05, 0.1) is 0 Å². The Hall–Kier alpha value is -0.300. The van der Waals surface area contributed by atoms with Crippen LogP contribution in [0.5, 0.6) is 0 Å². The summed E-state index contributed by atoms with van der Waals surface area (Å²) in [4.78, 5) is 2.28. The van der Waals surface area contributed by atoms with Crippen LogP contribution < -0.4 is 0 Å². The lowest BCUT2D eigenvalue weighted by atomic mass is 9.82. The van der Waals surface area contributed by atoms with Gasteiger partial charge in [0.15, 0.2) is 0 Å². The second kappa shape index (κ2) is 6.32. The number of rotatable bonds is 4. The Labute approximate surface area is 95.5 Å². The molecule has 0 unspecified atom stereocenters. The van der Waals surface area contributed by atoms with E-state index >= 15 is 0 Å². The van der Waals surface area contributed by atoms with Gasteiger partial charge >= 0.3 is 0 Å². The molecule has 1 heteroatoms. The highest BCUT2D eigenvalue weighted by Crippen LogP contribution is 2.31. The number of hydrogen-bond donors (Lipinski definition) is 0. The Morgan fingerprint density at radius 3 is 2.20 bits per heavy atom. The van der Waals surface area contributed by atoms with Crippen LogP contribution in [0.2, 0.25) is 0 Å². The second-order valence-electron chi connectivity index (χ2n) is 5.35. The third-order valence-electron chi connectivity index (χ3n) is 3.82. The normalized spacial score (nSPS) is 20.6. The largest absolute Gasteiger partial charge is 0.309 e. The van der Waals surface area contributed by atoms with Crippen LogP contribution in [0, 0.1) is 5.92 Å². The van der Waals surface area contributed by atoms with Crippen LogP contribution in [0.1, 0.15) is 52.4 Å². The summed E-state index contributed by atoms with van der Waals surface area (Å²) in [5.74, 6) is 0.904. The average molecular weight is 209 g/mol. The molecule has 88 valence electrons. The van der Waals surface area contributed by atoms with E-state index in [9.17, 15) is 0 Å². The van der Waals surface area contributed by atoms with Crippen molar-refractivity contribution < 1.29 is 0 Å². The summed E-state index contributed by atoms with van der Waals surface area (Å²) >= 11 is 0. The van der Waals surface area contributed by atoms with E-state index in [2.05, 4.69) is 32.8 Å². The fourth-order valence-corrected chi connectivity index (χ4v) is 2.47. The van der Waals surface area contributed by atoms with Crippen LogP contribution in [-0.4, -0.2) is 25.5 Å². The fraction of sp³-hybridized carbons (Fsp3) is 0.857. The molecule has 0 saturated heterocycles. The van der Waals surface area contributed by atoms with Gasteiger partial charge in [-0.1, -0.05) is 30.4 Å². The minimum absolute atomic E-state index is 0.904. The lowest BCUT2D eigenvalue weighted by molar-refractivity contribution is 0.392. The molecule has 0 atom stereocenters. The van der Waals surface area contributed by atoms with E-state index in [1.54, 1.807) is 11.1 Å². The Balaban J connectivity index is 2.46. The van der Waals surface area contributed by atoms with Gasteiger partial charge in [-0.25, -0.2) is 0 Å². The van der Waals surface area contributed by atoms with Gasteiger partial charge in [-0.2, -0.15) is 0 Å². The lowest BCUT2D eigenvalue weighted by Gasteiger charge is -2.24. The molecule has 0 aromatic carbocycles. The quantitative estimate of drug-likeness (QED) is 0.636. The molecule has 0 bridgehead atoms. The van der Waals surface area contributed by atoms with E-state index in [1.807, 2.05) is 0 Å². The molecule has 0 spiro atoms. The summed E-state index contributed by atoms with van der Waals surface area (Å²) in [5, 5.41) is 0. The third kappa shape index (κ3) is 4.38. The third-order valence-corrected chi connectivity index (χ3v) is 3.82. The predicted molar refractivity (Wildman–Crippen MR) is 68.1 cm³/mol. The van der Waals surface area contributed by atoms with Crippen molar-refractivity contribution in [2.75, 3.05) is 20.6 Å². The first-order valence-electron chi connectivity index (χ1n) is 6.42. The molecular weight excluding hydrogens is 182 g/mol. The van der Waals surface area contributed by atoms with Crippen LogP contribution in [0.25, 0.3) is 0 Å². The minimum atomic E-state index is 0.904. The Bertz CT molecular complexity index is 209. The highest BCUT2D eigenvalue weighted by molar-refractivity contribution is 5.13. The Kier molecular flexibility index (Phi) is 5.38. The van der Waals surface area contributed by atoms with Gasteiger partial charge in [0, 0.05) is 6.54 Å². The molecule has 0 aromatic heterocycles. The summed E-state index contributed by atoms with van der Waals surface area (Å²) < 4.78 is 0. The van der Waals surface area contributed by atoms with Crippen molar-refractivity contribution in [3.8, 4) is 0 Å². The van der Waals surface area contributed by atoms with E-state index in [0.717, 1.165) is 5.92 Å². The topological polar surface area (TPSA) is 3.24 Å². The smallest absolute Gasteiger partial charge is 0.00125 e. The lowest BCUT2D eigenvalue weighted by Crippen LogP contribution is -2.15. The molecule has 1 rings (SSSR count). The van der Waals surface area contributed by atoms with Gasteiger partial charge in [0.1, 0.15) is 0 Å². The molecule has 0 radical (unpaired) electrons. The van der Waals surface area contributed by atoms with E-state index in [4.69, 9.17) is 0 Å². The zero-order valence-corrected chi connectivity index (χ0v) is 11.0. The number of nitrogens with zero attached hydrogens (tertiary/aromatic N) is 1. The zero-order chi connectivity index (χ0) is 11.3. The summed E-state index contributed by atoms with van der Waals surface area (Å²) in [6.45, 7) is 5.88. The van der Waals surface area contributed by atoms with E-state index in [1.165, 1.54) is 45.1 Å². The molecule has 15 heavy (non-hydrogen) atoms. The van der Waals surface area contributed by atoms with Gasteiger partial charge in [-0.15, -0.1) is 0 Å². The van der Waals surface area contributed by atoms with Crippen molar-refractivity contribution in [3.05, 3.63) is 11.1 Å². The summed E-state index contributed by atoms with van der Waals surface area (Å²) in [7, 11) is 4.31. The summed E-state index contributed by atoms with van der Waals surface area (Å²) in [6, 6.07) is 0. The maximum absolute atomic E-state index is 2.36. The van der Waals surface area contributed by atoms with Gasteiger partial charge < -0.3 is 4.90 Å². The van der Waals surface area contributed by atoms with Crippen molar-refractivity contribution in [3.63, 3.8) is 0 Å². The molecule has 0 N–H and O–H groups in total. The minimum Gasteiger partial charge on any atom is -0.309 e. The number of allylic oxidation sites excluding steroid dienone is 1. The van der Waals surface area contributed by atoms with Crippen LogP contribution in [-0.2, 0) is 0 Å². The van der Waals surface area contributed by atoms with Crippen molar-refractivity contribution in [2.45, 2.75) is 52.4 Å². The molecule has 0 heterocycles. The zero-order valence-electron chi connectivity index (χ0n) is 11.0. The van der Waals surface area contributed by atoms with Crippen molar-refractivity contribution in [2.24, 2.45) is 5.92 Å². The average Bonchev–Trinajstić information content (AvgIpc) is 2.26.